The number of aldehydes is 2. The number of likely N-dealkylation sites (tertiary alicyclic amines) is 1. The summed E-state index contributed by atoms with van der Waals surface area (Å²) >= 11 is 0. The Hall–Kier alpha value is -1.68. The minimum atomic E-state index is 0. The molecule has 1 unspecified atom stereocenters. The van der Waals surface area contributed by atoms with Crippen LogP contribution in [0, 0.1) is 5.92 Å². The normalized spacial score (nSPS) is 17.5. The fraction of sp³-hybridized carbons (Fsp3) is 0.579. The molecule has 0 amide bonds. The van der Waals surface area contributed by atoms with Crippen LogP contribution in [0.4, 0.5) is 0 Å². The molecule has 23 heavy (non-hydrogen) atoms. The van der Waals surface area contributed by atoms with Crippen molar-refractivity contribution >= 4 is 12.6 Å². The van der Waals surface area contributed by atoms with Crippen molar-refractivity contribution in [3.63, 3.8) is 0 Å². The fourth-order valence-corrected chi connectivity index (χ4v) is 2.58. The molecule has 1 aromatic rings. The SMILES string of the molecule is C.CN1CCC(COc2ccccc2C(C)(C)C)C1.O=CC=O. The van der Waals surface area contributed by atoms with Gasteiger partial charge in [0, 0.05) is 12.5 Å². The van der Waals surface area contributed by atoms with E-state index < -0.39 is 0 Å². The predicted octanol–water partition coefficient (Wildman–Crippen LogP) is 3.33. The van der Waals surface area contributed by atoms with Gasteiger partial charge in [-0.05, 0) is 37.1 Å². The van der Waals surface area contributed by atoms with E-state index in [1.165, 1.54) is 18.5 Å². The summed E-state index contributed by atoms with van der Waals surface area (Å²) in [6.45, 7) is 9.92. The molecule has 4 nitrogen and oxygen atoms in total. The Morgan fingerprint density at radius 1 is 1.22 bits per heavy atom. The van der Waals surface area contributed by atoms with Crippen molar-refractivity contribution < 1.29 is 14.3 Å². The topological polar surface area (TPSA) is 46.6 Å². The molecule has 0 spiro atoms. The van der Waals surface area contributed by atoms with Crippen LogP contribution in [0.5, 0.6) is 5.75 Å². The van der Waals surface area contributed by atoms with Crippen molar-refractivity contribution in [1.29, 1.82) is 0 Å². The van der Waals surface area contributed by atoms with E-state index in [-0.39, 0.29) is 25.4 Å². The molecule has 1 aliphatic rings. The average Bonchev–Trinajstić information content (AvgIpc) is 2.90. The molecule has 1 saturated heterocycles. The molecule has 4 heteroatoms. The van der Waals surface area contributed by atoms with Gasteiger partial charge in [0.25, 0.3) is 0 Å². The maximum atomic E-state index is 8.81. The molecule has 1 fully saturated rings. The van der Waals surface area contributed by atoms with Crippen LogP contribution in [0.2, 0.25) is 0 Å². The van der Waals surface area contributed by atoms with Gasteiger partial charge in [0.15, 0.2) is 12.6 Å². The third kappa shape index (κ3) is 7.42. The Labute approximate surface area is 140 Å². The van der Waals surface area contributed by atoms with Crippen LogP contribution in [-0.4, -0.2) is 44.2 Å². The van der Waals surface area contributed by atoms with Crippen LogP contribution in [0.25, 0.3) is 0 Å². The number of ether oxygens (including phenoxy) is 1. The number of carbonyl (C=O) groups excluding carboxylic acids is 2. The Morgan fingerprint density at radius 3 is 2.30 bits per heavy atom. The van der Waals surface area contributed by atoms with Crippen molar-refractivity contribution in [2.24, 2.45) is 5.92 Å². The second-order valence-corrected chi connectivity index (χ2v) is 6.75. The molecular weight excluding hydrogens is 290 g/mol. The van der Waals surface area contributed by atoms with Gasteiger partial charge in [-0.3, -0.25) is 9.59 Å². The van der Waals surface area contributed by atoms with Gasteiger partial charge in [-0.15, -0.1) is 0 Å². The van der Waals surface area contributed by atoms with E-state index >= 15 is 0 Å². The molecular formula is C19H31NO3. The third-order valence-corrected chi connectivity index (χ3v) is 3.71. The van der Waals surface area contributed by atoms with Crippen molar-refractivity contribution in [2.75, 3.05) is 26.7 Å². The highest BCUT2D eigenvalue weighted by atomic mass is 16.5. The molecule has 0 aliphatic carbocycles. The monoisotopic (exact) mass is 321 g/mol. The number of rotatable bonds is 4. The highest BCUT2D eigenvalue weighted by Crippen LogP contribution is 2.31. The molecule has 2 rings (SSSR count). The van der Waals surface area contributed by atoms with Crippen molar-refractivity contribution in [3.05, 3.63) is 29.8 Å². The average molecular weight is 321 g/mol. The Balaban J connectivity index is 0.000000871. The molecule has 0 radical (unpaired) electrons. The van der Waals surface area contributed by atoms with Crippen LogP contribution >= 0.6 is 0 Å². The quantitative estimate of drug-likeness (QED) is 0.630. The molecule has 130 valence electrons. The number of carbonyl (C=O) groups is 2. The van der Waals surface area contributed by atoms with Gasteiger partial charge in [-0.25, -0.2) is 0 Å². The minimum absolute atomic E-state index is 0. The molecule has 0 saturated carbocycles. The Kier molecular flexibility index (Phi) is 9.42. The van der Waals surface area contributed by atoms with Crippen molar-refractivity contribution in [3.8, 4) is 5.75 Å². The van der Waals surface area contributed by atoms with Gasteiger partial charge in [0.05, 0.1) is 6.61 Å². The second-order valence-electron chi connectivity index (χ2n) is 6.75. The molecule has 1 atom stereocenters. The van der Waals surface area contributed by atoms with E-state index in [1.807, 2.05) is 0 Å². The van der Waals surface area contributed by atoms with E-state index in [4.69, 9.17) is 14.3 Å². The Bertz CT molecular complexity index is 474. The van der Waals surface area contributed by atoms with Crippen LogP contribution in [0.3, 0.4) is 0 Å². The zero-order valence-corrected chi connectivity index (χ0v) is 14.0. The number of para-hydroxylation sites is 1. The van der Waals surface area contributed by atoms with E-state index in [0.717, 1.165) is 18.9 Å². The van der Waals surface area contributed by atoms with Gasteiger partial charge in [0.1, 0.15) is 5.75 Å². The number of hydrogen-bond acceptors (Lipinski definition) is 4. The lowest BCUT2D eigenvalue weighted by molar-refractivity contribution is -0.122. The maximum absolute atomic E-state index is 8.81. The van der Waals surface area contributed by atoms with Crippen molar-refractivity contribution in [2.45, 2.75) is 40.0 Å². The molecule has 1 heterocycles. The van der Waals surface area contributed by atoms with Gasteiger partial charge < -0.3 is 9.64 Å². The minimum Gasteiger partial charge on any atom is -0.493 e. The highest BCUT2D eigenvalue weighted by Gasteiger charge is 2.22. The number of hydrogen-bond donors (Lipinski definition) is 0. The molecule has 0 aromatic heterocycles. The fourth-order valence-electron chi connectivity index (χ4n) is 2.58. The Morgan fingerprint density at radius 2 is 1.83 bits per heavy atom. The lowest BCUT2D eigenvalue weighted by Crippen LogP contribution is -2.19. The summed E-state index contributed by atoms with van der Waals surface area (Å²) in [5.74, 6) is 1.74. The molecule has 0 N–H and O–H groups in total. The van der Waals surface area contributed by atoms with Gasteiger partial charge in [-0.1, -0.05) is 46.4 Å². The third-order valence-electron chi connectivity index (χ3n) is 3.71. The second kappa shape index (κ2) is 10.2. The van der Waals surface area contributed by atoms with E-state index in [0.29, 0.717) is 5.92 Å². The van der Waals surface area contributed by atoms with Gasteiger partial charge in [-0.2, -0.15) is 0 Å². The van der Waals surface area contributed by atoms with Gasteiger partial charge in [0.2, 0.25) is 0 Å². The zero-order chi connectivity index (χ0) is 16.6. The smallest absolute Gasteiger partial charge is 0.182 e. The van der Waals surface area contributed by atoms with E-state index in [2.05, 4.69) is 57.0 Å². The summed E-state index contributed by atoms with van der Waals surface area (Å²) in [5, 5.41) is 0. The summed E-state index contributed by atoms with van der Waals surface area (Å²) in [4.78, 5) is 20.0. The highest BCUT2D eigenvalue weighted by molar-refractivity contribution is 6.09. The summed E-state index contributed by atoms with van der Waals surface area (Å²) in [5.41, 5.74) is 1.44. The number of benzene rings is 1. The van der Waals surface area contributed by atoms with Crippen LogP contribution in [0.1, 0.15) is 40.2 Å². The van der Waals surface area contributed by atoms with Gasteiger partial charge >= 0.3 is 0 Å². The van der Waals surface area contributed by atoms with Crippen LogP contribution in [-0.2, 0) is 15.0 Å². The first-order valence-corrected chi connectivity index (χ1v) is 7.68. The lowest BCUT2D eigenvalue weighted by Gasteiger charge is -2.23. The largest absolute Gasteiger partial charge is 0.493 e. The predicted molar refractivity (Wildman–Crippen MR) is 95.1 cm³/mol. The zero-order valence-electron chi connectivity index (χ0n) is 14.0. The van der Waals surface area contributed by atoms with Crippen LogP contribution < -0.4 is 4.74 Å². The van der Waals surface area contributed by atoms with E-state index in [9.17, 15) is 0 Å². The van der Waals surface area contributed by atoms with Crippen LogP contribution in [0.15, 0.2) is 24.3 Å². The van der Waals surface area contributed by atoms with Crippen molar-refractivity contribution in [1.82, 2.24) is 4.90 Å². The summed E-state index contributed by atoms with van der Waals surface area (Å²) < 4.78 is 6.07. The summed E-state index contributed by atoms with van der Waals surface area (Å²) in [7, 11) is 2.18. The summed E-state index contributed by atoms with van der Waals surface area (Å²) in [6, 6.07) is 8.43. The molecule has 1 aromatic carbocycles. The summed E-state index contributed by atoms with van der Waals surface area (Å²) in [6.07, 6.45) is 1.65. The first-order valence-electron chi connectivity index (χ1n) is 7.68. The lowest BCUT2D eigenvalue weighted by atomic mass is 9.86. The standard InChI is InChI=1S/C16H25NO.C2H2O2.CH4/c1-16(2,3)14-7-5-6-8-15(14)18-12-13-9-10-17(4)11-13;3-1-2-4;/h5-8,13H,9-12H2,1-4H3;1-2H;1H4. The number of nitrogens with zero attached hydrogens (tertiary/aromatic N) is 1. The first-order chi connectivity index (χ1) is 10.4. The molecule has 0 bridgehead atoms. The molecule has 1 aliphatic heterocycles. The first kappa shape index (κ1) is 21.3. The van der Waals surface area contributed by atoms with E-state index in [1.54, 1.807) is 0 Å². The maximum Gasteiger partial charge on any atom is 0.182 e.